The van der Waals surface area contributed by atoms with Crippen LogP contribution in [0.4, 0.5) is 0 Å². The molecule has 1 amide bonds. The molecular formula is C19H23N3O2. The van der Waals surface area contributed by atoms with Gasteiger partial charge < -0.3 is 9.73 Å². The monoisotopic (exact) mass is 325 g/mol. The Morgan fingerprint density at radius 2 is 2.29 bits per heavy atom. The summed E-state index contributed by atoms with van der Waals surface area (Å²) >= 11 is 0. The number of hydrogen-bond donors (Lipinski definition) is 1. The SMILES string of the molecule is CC[C@H](NC(=O)c1ccco1)C1=CCCN(Cc2ccccn2)C1. The molecule has 5 heteroatoms. The van der Waals surface area contributed by atoms with Crippen molar-refractivity contribution in [2.45, 2.75) is 32.4 Å². The molecule has 5 nitrogen and oxygen atoms in total. The van der Waals surface area contributed by atoms with Crippen molar-refractivity contribution in [3.05, 3.63) is 65.9 Å². The fourth-order valence-corrected chi connectivity index (χ4v) is 3.04. The summed E-state index contributed by atoms with van der Waals surface area (Å²) in [6.07, 6.45) is 7.45. The van der Waals surface area contributed by atoms with Gasteiger partial charge in [-0.15, -0.1) is 0 Å². The van der Waals surface area contributed by atoms with E-state index < -0.39 is 0 Å². The molecule has 2 aromatic rings. The first-order chi connectivity index (χ1) is 11.8. The molecular weight excluding hydrogens is 302 g/mol. The van der Waals surface area contributed by atoms with Crippen LogP contribution in [0.15, 0.2) is 58.9 Å². The van der Waals surface area contributed by atoms with Crippen molar-refractivity contribution < 1.29 is 9.21 Å². The molecule has 0 saturated carbocycles. The number of nitrogens with zero attached hydrogens (tertiary/aromatic N) is 2. The summed E-state index contributed by atoms with van der Waals surface area (Å²) < 4.78 is 5.18. The van der Waals surface area contributed by atoms with Crippen LogP contribution in [0, 0.1) is 0 Å². The minimum absolute atomic E-state index is 0.0362. The van der Waals surface area contributed by atoms with Crippen LogP contribution >= 0.6 is 0 Å². The van der Waals surface area contributed by atoms with Crippen molar-refractivity contribution in [2.75, 3.05) is 13.1 Å². The molecule has 0 aliphatic carbocycles. The van der Waals surface area contributed by atoms with Crippen molar-refractivity contribution in [2.24, 2.45) is 0 Å². The third-order valence-corrected chi connectivity index (χ3v) is 4.28. The second-order valence-corrected chi connectivity index (χ2v) is 6.01. The first-order valence-electron chi connectivity index (χ1n) is 8.42. The lowest BCUT2D eigenvalue weighted by Gasteiger charge is -2.31. The van der Waals surface area contributed by atoms with Gasteiger partial charge >= 0.3 is 0 Å². The van der Waals surface area contributed by atoms with Crippen LogP contribution in [0.25, 0.3) is 0 Å². The van der Waals surface area contributed by atoms with E-state index in [-0.39, 0.29) is 11.9 Å². The van der Waals surface area contributed by atoms with E-state index in [9.17, 15) is 4.79 Å². The minimum atomic E-state index is -0.158. The lowest BCUT2D eigenvalue weighted by Crippen LogP contribution is -2.41. The van der Waals surface area contributed by atoms with Gasteiger partial charge in [0, 0.05) is 25.8 Å². The molecule has 1 aliphatic heterocycles. The number of hydrogen-bond acceptors (Lipinski definition) is 4. The predicted molar refractivity (Wildman–Crippen MR) is 92.5 cm³/mol. The van der Waals surface area contributed by atoms with Gasteiger partial charge in [-0.2, -0.15) is 0 Å². The zero-order chi connectivity index (χ0) is 16.8. The van der Waals surface area contributed by atoms with Crippen LogP contribution in [0.1, 0.15) is 36.0 Å². The number of carbonyl (C=O) groups excluding carboxylic acids is 1. The first kappa shape index (κ1) is 16.5. The molecule has 1 N–H and O–H groups in total. The zero-order valence-electron chi connectivity index (χ0n) is 13.9. The second-order valence-electron chi connectivity index (χ2n) is 6.01. The van der Waals surface area contributed by atoms with Gasteiger partial charge in [-0.25, -0.2) is 0 Å². The van der Waals surface area contributed by atoms with E-state index in [0.717, 1.165) is 38.2 Å². The number of pyridine rings is 1. The summed E-state index contributed by atoms with van der Waals surface area (Å²) in [6, 6.07) is 9.45. The molecule has 3 heterocycles. The normalized spacial score (nSPS) is 16.5. The fraction of sp³-hybridized carbons (Fsp3) is 0.368. The number of furan rings is 1. The molecule has 1 aliphatic rings. The van der Waals surface area contributed by atoms with Crippen LogP contribution in [-0.2, 0) is 6.54 Å². The van der Waals surface area contributed by atoms with Gasteiger partial charge in [0.2, 0.25) is 0 Å². The van der Waals surface area contributed by atoms with Gasteiger partial charge in [0.15, 0.2) is 5.76 Å². The highest BCUT2D eigenvalue weighted by Gasteiger charge is 2.22. The third kappa shape index (κ3) is 4.11. The number of nitrogens with one attached hydrogen (secondary N) is 1. The Labute approximate surface area is 142 Å². The van der Waals surface area contributed by atoms with Crippen molar-refractivity contribution in [1.29, 1.82) is 0 Å². The standard InChI is InChI=1S/C19H23N3O2/c1-2-17(21-19(23)18-9-6-12-24-18)15-7-5-11-22(13-15)14-16-8-3-4-10-20-16/h3-4,6-10,12,17H,2,5,11,13-14H2,1H3,(H,21,23)/t17-/m0/s1. The summed E-state index contributed by atoms with van der Waals surface area (Å²) in [5, 5.41) is 3.08. The smallest absolute Gasteiger partial charge is 0.287 e. The van der Waals surface area contributed by atoms with Gasteiger partial charge in [-0.1, -0.05) is 19.1 Å². The molecule has 0 spiro atoms. The average Bonchev–Trinajstić information content (AvgIpc) is 3.15. The summed E-state index contributed by atoms with van der Waals surface area (Å²) in [4.78, 5) is 19.0. The van der Waals surface area contributed by atoms with Crippen LogP contribution in [-0.4, -0.2) is 34.9 Å². The summed E-state index contributed by atoms with van der Waals surface area (Å²) in [7, 11) is 0. The first-order valence-corrected chi connectivity index (χ1v) is 8.42. The lowest BCUT2D eigenvalue weighted by molar-refractivity contribution is 0.0911. The maximum Gasteiger partial charge on any atom is 0.287 e. The topological polar surface area (TPSA) is 58.4 Å². The van der Waals surface area contributed by atoms with Crippen LogP contribution in [0.3, 0.4) is 0 Å². The van der Waals surface area contributed by atoms with Crippen molar-refractivity contribution in [3.8, 4) is 0 Å². The Hall–Kier alpha value is -2.40. The number of aromatic nitrogens is 1. The number of rotatable bonds is 6. The molecule has 0 aromatic carbocycles. The zero-order valence-corrected chi connectivity index (χ0v) is 13.9. The Bertz CT molecular complexity index is 680. The highest BCUT2D eigenvalue weighted by Crippen LogP contribution is 2.17. The molecule has 3 rings (SSSR count). The fourth-order valence-electron chi connectivity index (χ4n) is 3.04. The van der Waals surface area contributed by atoms with E-state index in [0.29, 0.717) is 5.76 Å². The minimum Gasteiger partial charge on any atom is -0.459 e. The highest BCUT2D eigenvalue weighted by atomic mass is 16.3. The van der Waals surface area contributed by atoms with Crippen LogP contribution < -0.4 is 5.32 Å². The molecule has 0 radical (unpaired) electrons. The van der Waals surface area contributed by atoms with Crippen molar-refractivity contribution >= 4 is 5.91 Å². The summed E-state index contributed by atoms with van der Waals surface area (Å²) in [5.74, 6) is 0.199. The molecule has 126 valence electrons. The average molecular weight is 325 g/mol. The molecule has 0 unspecified atom stereocenters. The predicted octanol–water partition coefficient (Wildman–Crippen LogP) is 3.02. The largest absolute Gasteiger partial charge is 0.459 e. The summed E-state index contributed by atoms with van der Waals surface area (Å²) in [5.41, 5.74) is 2.34. The Morgan fingerprint density at radius 1 is 1.38 bits per heavy atom. The van der Waals surface area contributed by atoms with E-state index in [1.54, 1.807) is 12.1 Å². The van der Waals surface area contributed by atoms with Crippen LogP contribution in [0.5, 0.6) is 0 Å². The molecule has 1 atom stereocenters. The van der Waals surface area contributed by atoms with E-state index in [4.69, 9.17) is 4.42 Å². The second kappa shape index (κ2) is 7.93. The van der Waals surface area contributed by atoms with E-state index in [1.165, 1.54) is 11.8 Å². The van der Waals surface area contributed by atoms with Gasteiger partial charge in [0.25, 0.3) is 5.91 Å². The quantitative estimate of drug-likeness (QED) is 0.830. The molecule has 2 aromatic heterocycles. The Kier molecular flexibility index (Phi) is 5.43. The van der Waals surface area contributed by atoms with E-state index in [2.05, 4.69) is 28.2 Å². The maximum atomic E-state index is 12.2. The van der Waals surface area contributed by atoms with Crippen molar-refractivity contribution in [3.63, 3.8) is 0 Å². The highest BCUT2D eigenvalue weighted by molar-refractivity contribution is 5.91. The molecule has 0 bridgehead atoms. The number of amides is 1. The van der Waals surface area contributed by atoms with Crippen molar-refractivity contribution in [1.82, 2.24) is 15.2 Å². The van der Waals surface area contributed by atoms with Gasteiger partial charge in [-0.3, -0.25) is 14.7 Å². The van der Waals surface area contributed by atoms with Crippen LogP contribution in [0.2, 0.25) is 0 Å². The Morgan fingerprint density at radius 3 is 3.00 bits per heavy atom. The van der Waals surface area contributed by atoms with Gasteiger partial charge in [-0.05, 0) is 42.7 Å². The molecule has 0 saturated heterocycles. The maximum absolute atomic E-state index is 12.2. The Balaban J connectivity index is 1.61. The van der Waals surface area contributed by atoms with Gasteiger partial charge in [0.05, 0.1) is 18.0 Å². The van der Waals surface area contributed by atoms with Gasteiger partial charge in [0.1, 0.15) is 0 Å². The third-order valence-electron chi connectivity index (χ3n) is 4.28. The molecule has 0 fully saturated rings. The number of carbonyl (C=O) groups is 1. The van der Waals surface area contributed by atoms with E-state index >= 15 is 0 Å². The summed E-state index contributed by atoms with van der Waals surface area (Å²) in [6.45, 7) is 4.79. The lowest BCUT2D eigenvalue weighted by atomic mass is 9.99. The van der Waals surface area contributed by atoms with E-state index in [1.807, 2.05) is 24.4 Å². The molecule has 24 heavy (non-hydrogen) atoms.